The van der Waals surface area contributed by atoms with Gasteiger partial charge in [-0.3, -0.25) is 4.79 Å². The highest BCUT2D eigenvalue weighted by atomic mass is 32.2. The second-order valence-corrected chi connectivity index (χ2v) is 8.15. The third-order valence-electron chi connectivity index (χ3n) is 3.43. The van der Waals surface area contributed by atoms with Crippen molar-refractivity contribution in [2.75, 3.05) is 6.54 Å². The molecule has 0 bridgehead atoms. The fraction of sp³-hybridized carbons (Fsp3) is 0.118. The van der Waals surface area contributed by atoms with E-state index < -0.39 is 22.5 Å². The molecule has 0 saturated heterocycles. The molecule has 9 heteroatoms. The van der Waals surface area contributed by atoms with Crippen LogP contribution in [-0.4, -0.2) is 31.6 Å². The topological polar surface area (TPSA) is 101 Å². The molecule has 0 radical (unpaired) electrons. The van der Waals surface area contributed by atoms with Crippen LogP contribution in [0.15, 0.2) is 64.6 Å². The van der Waals surface area contributed by atoms with Gasteiger partial charge in [0.25, 0.3) is 5.91 Å². The summed E-state index contributed by atoms with van der Waals surface area (Å²) in [6, 6.07) is 15.5. The number of rotatable bonds is 6. The number of amides is 1. The number of hydrogen-bond donors (Lipinski definition) is 2. The molecule has 0 aliphatic rings. The molecule has 0 saturated carbocycles. The zero-order valence-corrected chi connectivity index (χ0v) is 15.5. The summed E-state index contributed by atoms with van der Waals surface area (Å²) in [5.41, 5.74) is 3.75. The lowest BCUT2D eigenvalue weighted by molar-refractivity contribution is -0.119. The van der Waals surface area contributed by atoms with Gasteiger partial charge in [0.2, 0.25) is 10.0 Å². The second kappa shape index (κ2) is 7.73. The molecule has 1 amide bonds. The minimum Gasteiger partial charge on any atom is -0.272 e. The molecule has 0 atom stereocenters. The third kappa shape index (κ3) is 4.31. The summed E-state index contributed by atoms with van der Waals surface area (Å²) in [4.78, 5) is 16.4. The molecule has 0 aliphatic carbocycles. The van der Waals surface area contributed by atoms with Crippen molar-refractivity contribution in [2.45, 2.75) is 11.8 Å². The fourth-order valence-corrected chi connectivity index (χ4v) is 4.02. The van der Waals surface area contributed by atoms with Crippen LogP contribution in [0.3, 0.4) is 0 Å². The van der Waals surface area contributed by atoms with Gasteiger partial charge in [-0.2, -0.15) is 5.10 Å². The van der Waals surface area contributed by atoms with Crippen molar-refractivity contribution in [3.05, 3.63) is 59.6 Å². The SMILES string of the molecule is C/C(=N/NC(=O)CNS(=O)(=O)c1ccccc1)c1nc2ccccc2s1. The molecule has 0 fully saturated rings. The van der Waals surface area contributed by atoms with E-state index in [1.54, 1.807) is 25.1 Å². The molecule has 134 valence electrons. The van der Waals surface area contributed by atoms with Crippen LogP contribution in [0.2, 0.25) is 0 Å². The van der Waals surface area contributed by atoms with Crippen LogP contribution in [0.4, 0.5) is 0 Å². The number of fused-ring (bicyclic) bond motifs is 1. The Morgan fingerprint density at radius 3 is 2.54 bits per heavy atom. The zero-order valence-electron chi connectivity index (χ0n) is 13.8. The van der Waals surface area contributed by atoms with Gasteiger partial charge in [-0.25, -0.2) is 23.5 Å². The van der Waals surface area contributed by atoms with Gasteiger partial charge >= 0.3 is 0 Å². The Hall–Kier alpha value is -2.62. The Kier molecular flexibility index (Phi) is 5.40. The molecular weight excluding hydrogens is 372 g/mol. The van der Waals surface area contributed by atoms with E-state index in [0.29, 0.717) is 10.7 Å². The number of carbonyl (C=O) groups is 1. The van der Waals surface area contributed by atoms with E-state index in [1.807, 2.05) is 24.3 Å². The molecule has 26 heavy (non-hydrogen) atoms. The number of carbonyl (C=O) groups excluding carboxylic acids is 1. The fourth-order valence-electron chi connectivity index (χ4n) is 2.10. The summed E-state index contributed by atoms with van der Waals surface area (Å²) < 4.78 is 27.4. The van der Waals surface area contributed by atoms with E-state index in [-0.39, 0.29) is 4.90 Å². The van der Waals surface area contributed by atoms with Crippen LogP contribution in [0, 0.1) is 0 Å². The largest absolute Gasteiger partial charge is 0.272 e. The number of aromatic nitrogens is 1. The van der Waals surface area contributed by atoms with E-state index in [1.165, 1.54) is 23.5 Å². The van der Waals surface area contributed by atoms with Crippen LogP contribution >= 0.6 is 11.3 Å². The number of benzene rings is 2. The summed E-state index contributed by atoms with van der Waals surface area (Å²) in [6.07, 6.45) is 0. The number of nitrogens with zero attached hydrogens (tertiary/aromatic N) is 2. The zero-order chi connectivity index (χ0) is 18.6. The molecule has 7 nitrogen and oxygen atoms in total. The number of nitrogens with one attached hydrogen (secondary N) is 2. The Bertz CT molecular complexity index is 1030. The molecule has 3 aromatic rings. The highest BCUT2D eigenvalue weighted by molar-refractivity contribution is 7.89. The van der Waals surface area contributed by atoms with Crippen molar-refractivity contribution in [3.63, 3.8) is 0 Å². The minimum atomic E-state index is -3.73. The lowest BCUT2D eigenvalue weighted by Crippen LogP contribution is -2.35. The van der Waals surface area contributed by atoms with E-state index in [2.05, 4.69) is 20.2 Å². The highest BCUT2D eigenvalue weighted by Crippen LogP contribution is 2.21. The van der Waals surface area contributed by atoms with Gasteiger partial charge in [0.15, 0.2) is 0 Å². The molecule has 1 heterocycles. The van der Waals surface area contributed by atoms with Gasteiger partial charge in [0.05, 0.1) is 27.4 Å². The van der Waals surface area contributed by atoms with Crippen LogP contribution in [0.5, 0.6) is 0 Å². The average Bonchev–Trinajstić information content (AvgIpc) is 3.09. The lowest BCUT2D eigenvalue weighted by Gasteiger charge is -2.05. The maximum Gasteiger partial charge on any atom is 0.255 e. The van der Waals surface area contributed by atoms with E-state index in [4.69, 9.17) is 0 Å². The van der Waals surface area contributed by atoms with Crippen molar-refractivity contribution in [2.24, 2.45) is 5.10 Å². The third-order valence-corrected chi connectivity index (χ3v) is 5.99. The summed E-state index contributed by atoms with van der Waals surface area (Å²) >= 11 is 1.47. The van der Waals surface area contributed by atoms with Crippen LogP contribution in [-0.2, 0) is 14.8 Å². The summed E-state index contributed by atoms with van der Waals surface area (Å²) in [7, 11) is -3.73. The number of hydrazone groups is 1. The smallest absolute Gasteiger partial charge is 0.255 e. The Labute approximate surface area is 154 Å². The molecule has 2 N–H and O–H groups in total. The standard InChI is InChI=1S/C17H16N4O3S2/c1-12(17-19-14-9-5-6-10-15(14)25-17)20-21-16(22)11-18-26(23,24)13-7-3-2-4-8-13/h2-10,18H,11H2,1H3,(H,21,22)/b20-12-. The predicted molar refractivity (Wildman–Crippen MR) is 102 cm³/mol. The van der Waals surface area contributed by atoms with Crippen LogP contribution in [0.25, 0.3) is 10.2 Å². The van der Waals surface area contributed by atoms with E-state index in [0.717, 1.165) is 10.2 Å². The van der Waals surface area contributed by atoms with Gasteiger partial charge < -0.3 is 0 Å². The second-order valence-electron chi connectivity index (χ2n) is 5.36. The van der Waals surface area contributed by atoms with Crippen LogP contribution in [0.1, 0.15) is 11.9 Å². The minimum absolute atomic E-state index is 0.0990. The van der Waals surface area contributed by atoms with E-state index in [9.17, 15) is 13.2 Å². The molecule has 3 rings (SSSR count). The Morgan fingerprint density at radius 1 is 1.12 bits per heavy atom. The van der Waals surface area contributed by atoms with Crippen molar-refractivity contribution < 1.29 is 13.2 Å². The monoisotopic (exact) mass is 388 g/mol. The van der Waals surface area contributed by atoms with Gasteiger partial charge in [-0.05, 0) is 31.2 Å². The first-order valence-electron chi connectivity index (χ1n) is 7.69. The average molecular weight is 388 g/mol. The molecule has 0 spiro atoms. The first-order chi connectivity index (χ1) is 12.5. The maximum absolute atomic E-state index is 12.1. The number of para-hydroxylation sites is 1. The maximum atomic E-state index is 12.1. The summed E-state index contributed by atoms with van der Waals surface area (Å²) in [6.45, 7) is 1.32. The lowest BCUT2D eigenvalue weighted by atomic mass is 10.3. The molecular formula is C17H16N4O3S2. The first-order valence-corrected chi connectivity index (χ1v) is 9.99. The van der Waals surface area contributed by atoms with Gasteiger partial charge in [0.1, 0.15) is 5.01 Å². The molecule has 0 unspecified atom stereocenters. The normalized spacial score (nSPS) is 12.3. The molecule has 0 aliphatic heterocycles. The Morgan fingerprint density at radius 2 is 1.81 bits per heavy atom. The van der Waals surface area contributed by atoms with Crippen molar-refractivity contribution in [1.82, 2.24) is 15.1 Å². The van der Waals surface area contributed by atoms with Crippen molar-refractivity contribution in [1.29, 1.82) is 0 Å². The van der Waals surface area contributed by atoms with E-state index >= 15 is 0 Å². The first kappa shape index (κ1) is 18.2. The quantitative estimate of drug-likeness (QED) is 0.499. The van der Waals surface area contributed by atoms with Crippen molar-refractivity contribution in [3.8, 4) is 0 Å². The molecule has 1 aromatic heterocycles. The number of hydrogen-bond acceptors (Lipinski definition) is 6. The molecule has 2 aromatic carbocycles. The van der Waals surface area contributed by atoms with Gasteiger partial charge in [-0.1, -0.05) is 30.3 Å². The van der Waals surface area contributed by atoms with Gasteiger partial charge in [-0.15, -0.1) is 11.3 Å². The number of sulfonamides is 1. The summed E-state index contributed by atoms with van der Waals surface area (Å²) in [5, 5.41) is 4.68. The van der Waals surface area contributed by atoms with Gasteiger partial charge in [0, 0.05) is 0 Å². The Balaban J connectivity index is 1.60. The van der Waals surface area contributed by atoms with Crippen molar-refractivity contribution >= 4 is 43.2 Å². The summed E-state index contributed by atoms with van der Waals surface area (Å²) in [5.74, 6) is -0.565. The van der Waals surface area contributed by atoms with Crippen LogP contribution < -0.4 is 10.1 Å². The highest BCUT2D eigenvalue weighted by Gasteiger charge is 2.14. The predicted octanol–water partition coefficient (Wildman–Crippen LogP) is 2.12. The number of thiazole rings is 1.